The van der Waals surface area contributed by atoms with Crippen molar-refractivity contribution in [3.05, 3.63) is 119 Å². The van der Waals surface area contributed by atoms with Crippen LogP contribution in [0.1, 0.15) is 257 Å². The Labute approximate surface area is 425 Å². The van der Waals surface area contributed by atoms with Crippen LogP contribution in [0.2, 0.25) is 0 Å². The summed E-state index contributed by atoms with van der Waals surface area (Å²) in [6, 6.07) is 33.8. The van der Waals surface area contributed by atoms with Gasteiger partial charge in [0.25, 0.3) is 0 Å². The van der Waals surface area contributed by atoms with Crippen LogP contribution < -0.4 is 0 Å². The first-order valence-corrected chi connectivity index (χ1v) is 29.3. The van der Waals surface area contributed by atoms with Gasteiger partial charge in [0.15, 0.2) is 0 Å². The molecule has 0 aromatic heterocycles. The van der Waals surface area contributed by atoms with Crippen molar-refractivity contribution in [2.24, 2.45) is 17.8 Å². The van der Waals surface area contributed by atoms with Crippen molar-refractivity contribution in [1.82, 2.24) is 0 Å². The van der Waals surface area contributed by atoms with Gasteiger partial charge in [-0.05, 0) is 151 Å². The Balaban J connectivity index is 0.830. The Morgan fingerprint density at radius 2 is 0.771 bits per heavy atom. The monoisotopic (exact) mass is 949 g/mol. The lowest BCUT2D eigenvalue weighted by atomic mass is 9.77. The number of benzene rings is 4. The summed E-state index contributed by atoms with van der Waals surface area (Å²) in [6.07, 6.45) is 40.9. The molecule has 0 N–H and O–H groups in total. The molecule has 70 heavy (non-hydrogen) atoms. The summed E-state index contributed by atoms with van der Waals surface area (Å²) in [4.78, 5) is 27.1. The van der Waals surface area contributed by atoms with Crippen LogP contribution in [0.25, 0.3) is 22.3 Å². The predicted octanol–water partition coefficient (Wildman–Crippen LogP) is 19.6. The highest BCUT2D eigenvalue weighted by molar-refractivity contribution is 5.91. The van der Waals surface area contributed by atoms with E-state index in [1.54, 1.807) is 0 Å². The lowest BCUT2D eigenvalue weighted by molar-refractivity contribution is -0.0247. The first-order chi connectivity index (χ1) is 34.5. The molecule has 0 aliphatic heterocycles. The van der Waals surface area contributed by atoms with E-state index in [0.29, 0.717) is 23.0 Å². The number of ether oxygens (including phenoxy) is 2. The van der Waals surface area contributed by atoms with E-state index in [0.717, 1.165) is 59.8 Å². The first-order valence-electron chi connectivity index (χ1n) is 29.3. The highest BCUT2D eigenvalue weighted by Crippen LogP contribution is 2.40. The third kappa shape index (κ3) is 17.3. The van der Waals surface area contributed by atoms with E-state index in [-0.39, 0.29) is 24.5 Å². The smallest absolute Gasteiger partial charge is 0.338 e. The lowest BCUT2D eigenvalue weighted by Gasteiger charge is -2.29. The molecule has 3 aliphatic carbocycles. The van der Waals surface area contributed by atoms with E-state index < -0.39 is 6.10 Å². The molecule has 0 spiro atoms. The van der Waals surface area contributed by atoms with Crippen molar-refractivity contribution in [2.45, 2.75) is 231 Å². The molecule has 4 nitrogen and oxygen atoms in total. The Hall–Kier alpha value is -4.18. The van der Waals surface area contributed by atoms with Gasteiger partial charge in [-0.1, -0.05) is 221 Å². The number of carbonyl (C=O) groups excluding carboxylic acids is 2. The molecular weight excluding hydrogens is 857 g/mol. The Morgan fingerprint density at radius 3 is 1.17 bits per heavy atom. The van der Waals surface area contributed by atoms with Gasteiger partial charge in [-0.25, -0.2) is 9.59 Å². The number of carbonyl (C=O) groups is 2. The maximum Gasteiger partial charge on any atom is 0.338 e. The number of hydrogen-bond acceptors (Lipinski definition) is 4. The van der Waals surface area contributed by atoms with Crippen molar-refractivity contribution in [1.29, 1.82) is 0 Å². The molecule has 1 atom stereocenters. The van der Waals surface area contributed by atoms with E-state index in [2.05, 4.69) is 62.4 Å². The molecule has 380 valence electrons. The largest absolute Gasteiger partial charge is 0.458 e. The topological polar surface area (TPSA) is 52.6 Å². The molecule has 4 aromatic rings. The van der Waals surface area contributed by atoms with Crippen LogP contribution in [0.4, 0.5) is 0 Å². The molecular formula is C66H92O4. The van der Waals surface area contributed by atoms with E-state index in [1.165, 1.54) is 184 Å². The fourth-order valence-corrected chi connectivity index (χ4v) is 12.4. The molecule has 4 heteroatoms. The molecule has 1 unspecified atom stereocenters. The summed E-state index contributed by atoms with van der Waals surface area (Å²) in [6.45, 7) is 4.65. The summed E-state index contributed by atoms with van der Waals surface area (Å²) in [7, 11) is 0. The van der Waals surface area contributed by atoms with Gasteiger partial charge < -0.3 is 9.47 Å². The van der Waals surface area contributed by atoms with Gasteiger partial charge in [0.1, 0.15) is 12.7 Å². The van der Waals surface area contributed by atoms with Crippen molar-refractivity contribution in [3.63, 3.8) is 0 Å². The highest BCUT2D eigenvalue weighted by Gasteiger charge is 2.30. The van der Waals surface area contributed by atoms with Gasteiger partial charge in [-0.2, -0.15) is 0 Å². The maximum atomic E-state index is 13.7. The third-order valence-electron chi connectivity index (χ3n) is 17.1. The maximum absolute atomic E-state index is 13.7. The lowest BCUT2D eigenvalue weighted by Crippen LogP contribution is -2.33. The van der Waals surface area contributed by atoms with Gasteiger partial charge in [0, 0.05) is 0 Å². The Morgan fingerprint density at radius 1 is 0.414 bits per heavy atom. The van der Waals surface area contributed by atoms with E-state index in [9.17, 15) is 9.59 Å². The standard InChI is InChI=1S/C66H92O4/c1-3-5-7-9-11-13-15-18-22-51-26-30-53(31-27-51)55-34-38-57(39-35-55)59-42-46-62(47-43-59)65(67)69-50-64(61-24-20-17-21-25-61)70-66(68)63-48-44-60(45-49-63)58-40-36-56(37-41-58)54-32-28-52(29-33-54)23-19-16-14-12-10-8-6-4-2/h34-49,51-54,61,64H,3-33,50H2,1-2H3. The minimum atomic E-state index is -0.480. The van der Waals surface area contributed by atoms with Crippen LogP contribution in [0, 0.1) is 17.8 Å². The van der Waals surface area contributed by atoms with E-state index in [1.807, 2.05) is 48.5 Å². The molecule has 0 amide bonds. The van der Waals surface area contributed by atoms with Crippen LogP contribution in [-0.4, -0.2) is 24.6 Å². The molecule has 7 rings (SSSR count). The molecule has 0 saturated heterocycles. The average Bonchev–Trinajstić information content (AvgIpc) is 3.42. The number of rotatable bonds is 28. The fraction of sp³-hybridized carbons (Fsp3) is 0.606. The Bertz CT molecular complexity index is 2040. The van der Waals surface area contributed by atoms with Crippen molar-refractivity contribution < 1.29 is 19.1 Å². The number of hydrogen-bond donors (Lipinski definition) is 0. The molecule has 3 aliphatic rings. The second-order valence-electron chi connectivity index (χ2n) is 22.3. The van der Waals surface area contributed by atoms with Gasteiger partial charge in [0.2, 0.25) is 0 Å². The van der Waals surface area contributed by atoms with Gasteiger partial charge in [-0.3, -0.25) is 0 Å². The van der Waals surface area contributed by atoms with Crippen molar-refractivity contribution >= 4 is 11.9 Å². The summed E-state index contributed by atoms with van der Waals surface area (Å²) in [5.74, 6) is 2.60. The van der Waals surface area contributed by atoms with Crippen molar-refractivity contribution in [3.8, 4) is 22.3 Å². The van der Waals surface area contributed by atoms with Crippen molar-refractivity contribution in [2.75, 3.05) is 6.61 Å². The van der Waals surface area contributed by atoms with Crippen LogP contribution in [0.3, 0.4) is 0 Å². The number of esters is 2. The predicted molar refractivity (Wildman–Crippen MR) is 294 cm³/mol. The quantitative estimate of drug-likeness (QED) is 0.0420. The SMILES string of the molecule is CCCCCCCCCCC1CCC(c2ccc(-c3ccc(C(=O)OCC(OC(=O)c4ccc(-c5ccc(C6CCC(CCCCCCCCCC)CC6)cc5)cc4)C4CCCCC4)cc3)cc2)CC1. The summed E-state index contributed by atoms with van der Waals surface area (Å²) in [5.41, 5.74) is 8.47. The van der Waals surface area contributed by atoms with Crippen LogP contribution in [-0.2, 0) is 9.47 Å². The zero-order chi connectivity index (χ0) is 48.6. The average molecular weight is 949 g/mol. The minimum absolute atomic E-state index is 0.0604. The number of unbranched alkanes of at least 4 members (excludes halogenated alkanes) is 14. The molecule has 4 aromatic carbocycles. The van der Waals surface area contributed by atoms with E-state index in [4.69, 9.17) is 9.47 Å². The zero-order valence-corrected chi connectivity index (χ0v) is 44.0. The fourth-order valence-electron chi connectivity index (χ4n) is 12.4. The molecule has 0 bridgehead atoms. The Kier molecular flexibility index (Phi) is 23.0. The highest BCUT2D eigenvalue weighted by atomic mass is 16.6. The van der Waals surface area contributed by atoms with E-state index >= 15 is 0 Å². The molecule has 3 fully saturated rings. The second-order valence-corrected chi connectivity index (χ2v) is 22.3. The van der Waals surface area contributed by atoms with Gasteiger partial charge in [-0.15, -0.1) is 0 Å². The summed E-state index contributed by atoms with van der Waals surface area (Å²) >= 11 is 0. The molecule has 0 heterocycles. The van der Waals surface area contributed by atoms with Gasteiger partial charge >= 0.3 is 11.9 Å². The summed E-state index contributed by atoms with van der Waals surface area (Å²) < 4.78 is 12.1. The zero-order valence-electron chi connectivity index (χ0n) is 44.0. The second kappa shape index (κ2) is 30.0. The molecule has 3 saturated carbocycles. The van der Waals surface area contributed by atoms with Gasteiger partial charge in [0.05, 0.1) is 11.1 Å². The first kappa shape index (κ1) is 53.6. The van der Waals surface area contributed by atoms with Crippen LogP contribution in [0.5, 0.6) is 0 Å². The van der Waals surface area contributed by atoms with Crippen LogP contribution >= 0.6 is 0 Å². The van der Waals surface area contributed by atoms with Crippen LogP contribution in [0.15, 0.2) is 97.1 Å². The summed E-state index contributed by atoms with van der Waals surface area (Å²) in [5, 5.41) is 0. The minimum Gasteiger partial charge on any atom is -0.458 e. The third-order valence-corrected chi connectivity index (χ3v) is 17.1. The normalized spacial score (nSPS) is 20.2. The molecule has 0 radical (unpaired) electrons.